The van der Waals surface area contributed by atoms with Gasteiger partial charge in [-0.2, -0.15) is 0 Å². The molecule has 0 aromatic heterocycles. The fourth-order valence-corrected chi connectivity index (χ4v) is 16.5. The third kappa shape index (κ3) is 27.7. The number of rotatable bonds is 10. The standard InChI is InChI=1S/2C12H17N.C12H16O2.C12H16O.3C11H15N.C11H14O2.C10H14N2.C10H12O2/c2*1-9(2)11-6-5-10-4-3-7-13-12(10)8-11;1-9(2)10-4-5-11-12(8-10)14-7-3-6-13-11;1-9(2)11-6-5-10-4-3-7-13-12(10)8-11;1-8(2)9-3-4-11-10(7-9)5-6-12-11;1-8(2)10-4-3-9-5-6-12-11(9)7-10;1-8(2)9-4-3-5-11-10(9)6-7-12-11;1-8(2)9-3-4-10-11(7-9)13-6-5-12-10;1-7(2)8-3-4-9-10(5-8)12-6-11-9;1-7(2)8-4-3-5-9-10(8)12-6-11-9/h2*5-6,8-9,13H,3-4,7H2,1-2H3;4-5,8-9H,3,6-7H2,1-2H3;5-6,8-9H,3-4,7H2,1-2H3;2*3-4,7-8,12H,5-6H2,1-2H3;3-5,8,12H,6-7H2,1-2H3;3-4,7-8H,5-6H2,1-2H3;3-5,7,11-12H,6H2,1-2H3;3-5,7H,6H2,1-2H3. The van der Waals surface area contributed by atoms with Gasteiger partial charge in [0.05, 0.1) is 37.9 Å². The van der Waals surface area contributed by atoms with Crippen LogP contribution in [0.5, 0.6) is 40.2 Å². The number of anilines is 7. The molecular formula is C112H151N7O7. The van der Waals surface area contributed by atoms with Crippen molar-refractivity contribution in [3.63, 3.8) is 0 Å². The fourth-order valence-electron chi connectivity index (χ4n) is 16.5. The second-order valence-corrected chi connectivity index (χ2v) is 37.6. The first-order valence-electron chi connectivity index (χ1n) is 47.6. The summed E-state index contributed by atoms with van der Waals surface area (Å²) < 4.78 is 38.3. The molecule has 0 fully saturated rings. The third-order valence-corrected chi connectivity index (χ3v) is 24.6. The molecule has 20 rings (SSSR count). The van der Waals surface area contributed by atoms with Crippen molar-refractivity contribution in [1.29, 1.82) is 0 Å². The lowest BCUT2D eigenvalue weighted by Gasteiger charge is -2.19. The van der Waals surface area contributed by atoms with Crippen LogP contribution < -0.4 is 70.4 Å². The molecule has 14 nitrogen and oxygen atoms in total. The average molecular weight is 1710 g/mol. The van der Waals surface area contributed by atoms with Crippen LogP contribution in [0.25, 0.3) is 0 Å². The molecule has 0 saturated heterocycles. The lowest BCUT2D eigenvalue weighted by atomic mass is 9.96. The Morgan fingerprint density at radius 1 is 0.214 bits per heavy atom. The zero-order valence-electron chi connectivity index (χ0n) is 80.0. The number of fused-ring (bicyclic) bond motifs is 10. The molecule has 0 bridgehead atoms. The Hall–Kier alpha value is -10.6. The molecule has 7 N–H and O–H groups in total. The van der Waals surface area contributed by atoms with E-state index >= 15 is 0 Å². The van der Waals surface area contributed by atoms with Gasteiger partial charge in [0.25, 0.3) is 0 Å². The molecule has 0 radical (unpaired) electrons. The van der Waals surface area contributed by atoms with E-state index in [1.54, 1.807) is 0 Å². The van der Waals surface area contributed by atoms with E-state index in [9.17, 15) is 0 Å². The molecule has 10 aliphatic rings. The van der Waals surface area contributed by atoms with Gasteiger partial charge in [0.15, 0.2) is 34.5 Å². The van der Waals surface area contributed by atoms with Gasteiger partial charge in [-0.3, -0.25) is 0 Å². The van der Waals surface area contributed by atoms with E-state index in [4.69, 9.17) is 33.2 Å². The normalized spacial score (nSPS) is 14.8. The first kappa shape index (κ1) is 96.0. The maximum atomic E-state index is 5.61. The van der Waals surface area contributed by atoms with Crippen molar-refractivity contribution in [2.45, 2.75) is 262 Å². The quantitative estimate of drug-likeness (QED) is 0.0696. The van der Waals surface area contributed by atoms with E-state index in [0.29, 0.717) is 79.2 Å². The molecule has 0 aliphatic carbocycles. The molecule has 10 aliphatic heterocycles. The zero-order chi connectivity index (χ0) is 89.8. The number of benzene rings is 10. The van der Waals surface area contributed by atoms with Crippen LogP contribution in [0.4, 0.5) is 39.8 Å². The minimum Gasteiger partial charge on any atom is -0.493 e. The Balaban J connectivity index is 0.000000136. The minimum absolute atomic E-state index is 0.360. The number of aryl methyl sites for hydroxylation is 3. The molecule has 10 aromatic carbocycles. The summed E-state index contributed by atoms with van der Waals surface area (Å²) in [4.78, 5) is 0. The summed E-state index contributed by atoms with van der Waals surface area (Å²) in [6.45, 7) is 54.8. The SMILES string of the molecule is CC(C)c1ccc2c(c1)CCN2.CC(C)c1ccc2c(c1)NCC2.CC(C)c1ccc2c(c1)NCCC2.CC(C)c1ccc2c(c1)NCCC2.CC(C)c1ccc2c(c1)NCN2.CC(C)c1ccc2c(c1)OCCC2.CC(C)c1ccc2c(c1)OCCCO2.CC(C)c1ccc2c(c1)OCCO2.CC(C)c1cccc2c1CCN2.CC(C)c1cccc2c1OCO2. The highest BCUT2D eigenvalue weighted by Crippen LogP contribution is 2.41. The summed E-state index contributed by atoms with van der Waals surface area (Å²) in [5.74, 6) is 12.4. The lowest BCUT2D eigenvalue weighted by molar-refractivity contribution is 0.171. The Kier molecular flexibility index (Phi) is 36.4. The highest BCUT2D eigenvalue weighted by Gasteiger charge is 2.22. The van der Waals surface area contributed by atoms with Crippen molar-refractivity contribution >= 4 is 39.8 Å². The predicted octanol–water partition coefficient (Wildman–Crippen LogP) is 28.5. The monoisotopic (exact) mass is 1710 g/mol. The van der Waals surface area contributed by atoms with E-state index in [1.807, 2.05) is 24.3 Å². The Labute approximate surface area is 758 Å². The first-order valence-corrected chi connectivity index (χ1v) is 47.6. The van der Waals surface area contributed by atoms with Crippen molar-refractivity contribution in [3.05, 3.63) is 271 Å². The second-order valence-electron chi connectivity index (χ2n) is 37.6. The maximum absolute atomic E-state index is 5.61. The van der Waals surface area contributed by atoms with E-state index in [2.05, 4.69) is 333 Å². The second kappa shape index (κ2) is 47.8. The van der Waals surface area contributed by atoms with Crippen molar-refractivity contribution in [1.82, 2.24) is 0 Å². The Bertz CT molecular complexity index is 4620. The van der Waals surface area contributed by atoms with Crippen LogP contribution in [0, 0.1) is 0 Å². The van der Waals surface area contributed by atoms with Gasteiger partial charge in [0, 0.05) is 73.1 Å². The van der Waals surface area contributed by atoms with E-state index in [-0.39, 0.29) is 0 Å². The van der Waals surface area contributed by atoms with Crippen LogP contribution in [0.1, 0.15) is 312 Å². The summed E-state index contributed by atoms with van der Waals surface area (Å²) >= 11 is 0. The van der Waals surface area contributed by atoms with Crippen molar-refractivity contribution < 1.29 is 33.2 Å². The highest BCUT2D eigenvalue weighted by molar-refractivity contribution is 5.74. The smallest absolute Gasteiger partial charge is 0.231 e. The molecule has 0 spiro atoms. The van der Waals surface area contributed by atoms with Crippen molar-refractivity contribution in [2.24, 2.45) is 0 Å². The maximum Gasteiger partial charge on any atom is 0.231 e. The van der Waals surface area contributed by atoms with Crippen LogP contribution in [-0.2, 0) is 38.5 Å². The lowest BCUT2D eigenvalue weighted by Crippen LogP contribution is -2.15. The predicted molar refractivity (Wildman–Crippen MR) is 534 cm³/mol. The van der Waals surface area contributed by atoms with Crippen LogP contribution in [-0.4, -0.2) is 79.2 Å². The topological polar surface area (TPSA) is 149 Å². The third-order valence-electron chi connectivity index (χ3n) is 24.6. The van der Waals surface area contributed by atoms with Gasteiger partial charge in [-0.25, -0.2) is 0 Å². The molecule has 0 saturated carbocycles. The fraction of sp³-hybridized carbons (Fsp3) is 0.464. The van der Waals surface area contributed by atoms with Crippen molar-refractivity contribution in [2.75, 3.05) is 116 Å². The number of para-hydroxylation sites is 1. The number of hydrogen-bond acceptors (Lipinski definition) is 14. The molecule has 10 aromatic rings. The summed E-state index contributed by atoms with van der Waals surface area (Å²) in [5.41, 5.74) is 31.9. The van der Waals surface area contributed by atoms with E-state index in [0.717, 1.165) is 112 Å². The van der Waals surface area contributed by atoms with Crippen LogP contribution >= 0.6 is 0 Å². The molecule has 0 atom stereocenters. The largest absolute Gasteiger partial charge is 0.493 e. The molecule has 126 heavy (non-hydrogen) atoms. The van der Waals surface area contributed by atoms with Gasteiger partial charge in [-0.15, -0.1) is 0 Å². The molecular weight excluding hydrogens is 1560 g/mol. The minimum atomic E-state index is 0.360. The Morgan fingerprint density at radius 3 is 1.13 bits per heavy atom. The highest BCUT2D eigenvalue weighted by atomic mass is 16.7. The van der Waals surface area contributed by atoms with Gasteiger partial charge in [-0.05, 0) is 279 Å². The molecule has 0 unspecified atom stereocenters. The van der Waals surface area contributed by atoms with Crippen LogP contribution in [0.15, 0.2) is 182 Å². The van der Waals surface area contributed by atoms with Crippen molar-refractivity contribution in [3.8, 4) is 40.2 Å². The number of hydrogen-bond donors (Lipinski definition) is 7. The zero-order valence-corrected chi connectivity index (χ0v) is 80.0. The van der Waals surface area contributed by atoms with E-state index < -0.39 is 0 Å². The Morgan fingerprint density at radius 2 is 0.587 bits per heavy atom. The summed E-state index contributed by atoms with van der Waals surface area (Å²) in [6, 6.07) is 65.4. The van der Waals surface area contributed by atoms with Gasteiger partial charge in [0.1, 0.15) is 19.0 Å². The number of ether oxygens (including phenoxy) is 7. The average Bonchev–Trinajstić information content (AvgIpc) is 1.74. The molecule has 676 valence electrons. The van der Waals surface area contributed by atoms with Gasteiger partial charge < -0.3 is 70.4 Å². The van der Waals surface area contributed by atoms with Crippen LogP contribution in [0.2, 0.25) is 0 Å². The first-order chi connectivity index (χ1) is 60.7. The number of nitrogens with one attached hydrogen (secondary N) is 7. The summed E-state index contributed by atoms with van der Waals surface area (Å²) in [7, 11) is 0. The van der Waals surface area contributed by atoms with Gasteiger partial charge >= 0.3 is 0 Å². The van der Waals surface area contributed by atoms with E-state index in [1.165, 1.54) is 180 Å². The summed E-state index contributed by atoms with van der Waals surface area (Å²) in [6.07, 6.45) is 11.9. The van der Waals surface area contributed by atoms with Gasteiger partial charge in [0.2, 0.25) is 6.79 Å². The summed E-state index contributed by atoms with van der Waals surface area (Å²) in [5, 5.41) is 23.6. The molecule has 14 heteroatoms. The molecule has 0 amide bonds. The van der Waals surface area contributed by atoms with Gasteiger partial charge in [-0.1, -0.05) is 242 Å². The van der Waals surface area contributed by atoms with Crippen LogP contribution in [0.3, 0.4) is 0 Å². The molecule has 10 heterocycles.